The third-order valence-electron chi connectivity index (χ3n) is 5.34. The number of benzene rings is 1. The summed E-state index contributed by atoms with van der Waals surface area (Å²) in [6, 6.07) is 6.57. The first-order chi connectivity index (χ1) is 10.8. The Labute approximate surface area is 138 Å². The number of carbonyl (C=O) groups excluding carboxylic acids is 1. The van der Waals surface area contributed by atoms with Crippen molar-refractivity contribution in [3.63, 3.8) is 0 Å². The lowest BCUT2D eigenvalue weighted by molar-refractivity contribution is -0.116. The molecule has 0 amide bonds. The van der Waals surface area contributed by atoms with Crippen LogP contribution in [0.4, 0.5) is 0 Å². The predicted molar refractivity (Wildman–Crippen MR) is 97.5 cm³/mol. The monoisotopic (exact) mass is 307 g/mol. The molecule has 2 heteroatoms. The van der Waals surface area contributed by atoms with Crippen molar-refractivity contribution in [1.82, 2.24) is 4.57 Å². The molecule has 1 aliphatic carbocycles. The number of hydrogen-bond acceptors (Lipinski definition) is 1. The van der Waals surface area contributed by atoms with Crippen LogP contribution in [0.5, 0.6) is 0 Å². The minimum absolute atomic E-state index is 0.264. The molecule has 0 fully saturated rings. The molecule has 1 unspecified atom stereocenters. The average molecular weight is 307 g/mol. The number of Topliss-reactive ketones (excluding diaryl/α,β-unsaturated/α-hetero) is 1. The molecule has 2 nitrogen and oxygen atoms in total. The van der Waals surface area contributed by atoms with Crippen LogP contribution in [0.25, 0.3) is 16.5 Å². The minimum Gasteiger partial charge on any atom is -0.344 e. The minimum atomic E-state index is 0.264. The topological polar surface area (TPSA) is 22.0 Å². The molecule has 0 spiro atoms. The molecule has 0 aliphatic heterocycles. The van der Waals surface area contributed by atoms with E-state index in [9.17, 15) is 4.79 Å². The molecule has 3 rings (SSSR count). The molecule has 1 aliphatic rings. The maximum atomic E-state index is 12.5. The quantitative estimate of drug-likeness (QED) is 0.705. The van der Waals surface area contributed by atoms with Gasteiger partial charge in [-0.25, -0.2) is 0 Å². The summed E-state index contributed by atoms with van der Waals surface area (Å²) in [4.78, 5) is 12.5. The number of nitrogens with zero attached hydrogens (tertiary/aromatic N) is 1. The molecule has 0 saturated carbocycles. The normalized spacial score (nSPS) is 18.8. The standard InChI is InChI=1S/C21H25NO/c1-12(2)16-10-18(14(4)20(23)11-16)21-15(5)17-9-13(3)7-8-19(17)22(21)6/h7-9,16H,1,10-11H2,2-6H3. The lowest BCUT2D eigenvalue weighted by Crippen LogP contribution is -2.19. The van der Waals surface area contributed by atoms with Gasteiger partial charge in [-0.15, -0.1) is 0 Å². The summed E-state index contributed by atoms with van der Waals surface area (Å²) >= 11 is 0. The molecule has 0 bridgehead atoms. The first-order valence-corrected chi connectivity index (χ1v) is 8.25. The fraction of sp³-hybridized carbons (Fsp3) is 0.381. The van der Waals surface area contributed by atoms with Crippen LogP contribution in [-0.2, 0) is 11.8 Å². The lowest BCUT2D eigenvalue weighted by Gasteiger charge is -2.26. The zero-order valence-corrected chi connectivity index (χ0v) is 14.8. The molecule has 120 valence electrons. The number of aryl methyl sites for hydroxylation is 3. The highest BCUT2D eigenvalue weighted by atomic mass is 16.1. The first kappa shape index (κ1) is 15.8. The van der Waals surface area contributed by atoms with E-state index in [1.54, 1.807) is 0 Å². The Kier molecular flexibility index (Phi) is 3.79. The van der Waals surface area contributed by atoms with E-state index in [4.69, 9.17) is 0 Å². The Morgan fingerprint density at radius 3 is 2.57 bits per heavy atom. The fourth-order valence-corrected chi connectivity index (χ4v) is 3.81. The molecule has 1 aromatic heterocycles. The number of aromatic nitrogens is 1. The highest BCUT2D eigenvalue weighted by Gasteiger charge is 2.29. The molecule has 1 aromatic carbocycles. The molecule has 23 heavy (non-hydrogen) atoms. The third-order valence-corrected chi connectivity index (χ3v) is 5.34. The van der Waals surface area contributed by atoms with Crippen molar-refractivity contribution < 1.29 is 4.79 Å². The van der Waals surface area contributed by atoms with Gasteiger partial charge in [-0.1, -0.05) is 23.8 Å². The highest BCUT2D eigenvalue weighted by Crippen LogP contribution is 2.40. The van der Waals surface area contributed by atoms with Crippen LogP contribution in [0, 0.1) is 19.8 Å². The van der Waals surface area contributed by atoms with Gasteiger partial charge in [-0.05, 0) is 68.9 Å². The van der Waals surface area contributed by atoms with E-state index in [0.717, 1.165) is 17.6 Å². The zero-order valence-electron chi connectivity index (χ0n) is 14.8. The molecule has 1 heterocycles. The summed E-state index contributed by atoms with van der Waals surface area (Å²) in [6.07, 6.45) is 1.52. The summed E-state index contributed by atoms with van der Waals surface area (Å²) in [5, 5.41) is 1.28. The van der Waals surface area contributed by atoms with Crippen LogP contribution in [0.1, 0.15) is 43.5 Å². The molecular formula is C21H25NO. The van der Waals surface area contributed by atoms with Gasteiger partial charge in [-0.2, -0.15) is 0 Å². The average Bonchev–Trinajstić information content (AvgIpc) is 2.73. The highest BCUT2D eigenvalue weighted by molar-refractivity contribution is 6.05. The Morgan fingerprint density at radius 1 is 1.22 bits per heavy atom. The van der Waals surface area contributed by atoms with Gasteiger partial charge in [-0.3, -0.25) is 4.79 Å². The van der Waals surface area contributed by atoms with E-state index < -0.39 is 0 Å². The lowest BCUT2D eigenvalue weighted by atomic mass is 9.79. The van der Waals surface area contributed by atoms with Crippen molar-refractivity contribution in [2.45, 2.75) is 40.5 Å². The Morgan fingerprint density at radius 2 is 1.91 bits per heavy atom. The van der Waals surface area contributed by atoms with Gasteiger partial charge in [0.1, 0.15) is 0 Å². The van der Waals surface area contributed by atoms with E-state index in [1.807, 2.05) is 13.8 Å². The van der Waals surface area contributed by atoms with Crippen molar-refractivity contribution in [2.75, 3.05) is 0 Å². The third kappa shape index (κ3) is 2.46. The van der Waals surface area contributed by atoms with E-state index in [2.05, 4.69) is 50.2 Å². The maximum absolute atomic E-state index is 12.5. The van der Waals surface area contributed by atoms with Crippen LogP contribution >= 0.6 is 0 Å². The Balaban J connectivity index is 2.25. The number of carbonyl (C=O) groups is 1. The summed E-state index contributed by atoms with van der Waals surface area (Å²) in [5.41, 5.74) is 8.21. The van der Waals surface area contributed by atoms with Gasteiger partial charge >= 0.3 is 0 Å². The van der Waals surface area contributed by atoms with E-state index in [0.29, 0.717) is 6.42 Å². The SMILES string of the molecule is C=C(C)C1CC(=O)C(C)=C(c2c(C)c3cc(C)ccc3n2C)C1. The second kappa shape index (κ2) is 5.52. The Hall–Kier alpha value is -2.09. The largest absolute Gasteiger partial charge is 0.344 e. The fourth-order valence-electron chi connectivity index (χ4n) is 3.81. The molecule has 1 atom stereocenters. The molecule has 0 radical (unpaired) electrons. The van der Waals surface area contributed by atoms with Gasteiger partial charge in [0.2, 0.25) is 0 Å². The number of hydrogen-bond donors (Lipinski definition) is 0. The van der Waals surface area contributed by atoms with Crippen LogP contribution in [0.2, 0.25) is 0 Å². The van der Waals surface area contributed by atoms with Crippen molar-refractivity contribution >= 4 is 22.3 Å². The maximum Gasteiger partial charge on any atom is 0.159 e. The summed E-state index contributed by atoms with van der Waals surface area (Å²) in [6.45, 7) is 12.4. The van der Waals surface area contributed by atoms with Crippen molar-refractivity contribution in [3.8, 4) is 0 Å². The summed E-state index contributed by atoms with van der Waals surface area (Å²) < 4.78 is 2.25. The van der Waals surface area contributed by atoms with Crippen LogP contribution < -0.4 is 0 Å². The van der Waals surface area contributed by atoms with Crippen LogP contribution in [-0.4, -0.2) is 10.4 Å². The molecule has 2 aromatic rings. The van der Waals surface area contributed by atoms with Gasteiger partial charge in [0.05, 0.1) is 0 Å². The molecule has 0 N–H and O–H groups in total. The second-order valence-electron chi connectivity index (χ2n) is 7.03. The number of ketones is 1. The molecular weight excluding hydrogens is 282 g/mol. The van der Waals surface area contributed by atoms with Gasteiger partial charge in [0.25, 0.3) is 0 Å². The summed E-state index contributed by atoms with van der Waals surface area (Å²) in [5.74, 6) is 0.528. The number of rotatable bonds is 2. The predicted octanol–water partition coefficient (Wildman–Crippen LogP) is 5.12. The smallest absolute Gasteiger partial charge is 0.159 e. The number of allylic oxidation sites excluding steroid dienone is 3. The van der Waals surface area contributed by atoms with Crippen molar-refractivity contribution in [3.05, 3.63) is 52.7 Å². The van der Waals surface area contributed by atoms with E-state index in [-0.39, 0.29) is 11.7 Å². The van der Waals surface area contributed by atoms with Crippen molar-refractivity contribution in [1.29, 1.82) is 0 Å². The summed E-state index contributed by atoms with van der Waals surface area (Å²) in [7, 11) is 2.11. The molecule has 0 saturated heterocycles. The van der Waals surface area contributed by atoms with Gasteiger partial charge in [0, 0.05) is 30.1 Å². The Bertz CT molecular complexity index is 864. The van der Waals surface area contributed by atoms with Gasteiger partial charge < -0.3 is 4.57 Å². The first-order valence-electron chi connectivity index (χ1n) is 8.25. The van der Waals surface area contributed by atoms with E-state index in [1.165, 1.54) is 33.3 Å². The van der Waals surface area contributed by atoms with Gasteiger partial charge in [0.15, 0.2) is 5.78 Å². The van der Waals surface area contributed by atoms with Crippen LogP contribution in [0.15, 0.2) is 35.9 Å². The zero-order chi connectivity index (χ0) is 16.9. The van der Waals surface area contributed by atoms with Crippen LogP contribution in [0.3, 0.4) is 0 Å². The van der Waals surface area contributed by atoms with Crippen molar-refractivity contribution in [2.24, 2.45) is 13.0 Å². The second-order valence-corrected chi connectivity index (χ2v) is 7.03. The van der Waals surface area contributed by atoms with E-state index >= 15 is 0 Å². The number of fused-ring (bicyclic) bond motifs is 1.